The second kappa shape index (κ2) is 6.83. The van der Waals surface area contributed by atoms with Crippen molar-refractivity contribution >= 4 is 27.4 Å². The van der Waals surface area contributed by atoms with Crippen molar-refractivity contribution in [1.29, 1.82) is 0 Å². The van der Waals surface area contributed by atoms with E-state index in [-0.39, 0.29) is 0 Å². The second-order valence-corrected chi connectivity index (χ2v) is 7.61. The molecular weight excluding hydrogens is 378 g/mol. The van der Waals surface area contributed by atoms with Crippen LogP contribution in [0.25, 0.3) is 16.9 Å². The summed E-state index contributed by atoms with van der Waals surface area (Å²) in [4.78, 5) is 10.3. The third-order valence-electron chi connectivity index (χ3n) is 4.83. The quantitative estimate of drug-likeness (QED) is 0.646. The van der Waals surface area contributed by atoms with Gasteiger partial charge in [-0.3, -0.25) is 0 Å². The molecule has 0 amide bonds. The minimum absolute atomic E-state index is 0.505. The molecule has 3 heterocycles. The summed E-state index contributed by atoms with van der Waals surface area (Å²) in [5.74, 6) is 1.55. The van der Waals surface area contributed by atoms with Gasteiger partial charge in [0, 0.05) is 25.2 Å². The summed E-state index contributed by atoms with van der Waals surface area (Å²) in [5.41, 5.74) is 6.42. The molecule has 0 aromatic carbocycles. The van der Waals surface area contributed by atoms with E-state index < -0.39 is 0 Å². The minimum Gasteiger partial charge on any atom is -0.364 e. The number of H-pyrrole nitrogens is 1. The van der Waals surface area contributed by atoms with Crippen LogP contribution in [0.5, 0.6) is 0 Å². The Balaban J connectivity index is 2.29. The topological polar surface area (TPSA) is 49.2 Å². The molecular formula is C19H26BrN5. The molecule has 0 aliphatic carbocycles. The highest BCUT2D eigenvalue weighted by molar-refractivity contribution is 9.10. The van der Waals surface area contributed by atoms with Gasteiger partial charge in [-0.2, -0.15) is 5.10 Å². The summed E-state index contributed by atoms with van der Waals surface area (Å²) < 4.78 is 2.97. The highest BCUT2D eigenvalue weighted by Gasteiger charge is 2.22. The van der Waals surface area contributed by atoms with Crippen molar-refractivity contribution in [3.63, 3.8) is 0 Å². The van der Waals surface area contributed by atoms with Gasteiger partial charge in [0.05, 0.1) is 21.7 Å². The van der Waals surface area contributed by atoms with Crippen LogP contribution in [0, 0.1) is 13.8 Å². The van der Waals surface area contributed by atoms with Gasteiger partial charge in [0.15, 0.2) is 5.65 Å². The van der Waals surface area contributed by atoms with Crippen molar-refractivity contribution in [3.05, 3.63) is 33.7 Å². The third kappa shape index (κ3) is 3.08. The second-order valence-electron chi connectivity index (χ2n) is 6.81. The zero-order valence-electron chi connectivity index (χ0n) is 15.8. The monoisotopic (exact) mass is 403 g/mol. The number of nitrogens with zero attached hydrogens (tertiary/aromatic N) is 4. The van der Waals surface area contributed by atoms with Crippen molar-refractivity contribution in [3.8, 4) is 11.3 Å². The number of rotatable bonds is 5. The molecule has 0 aliphatic heterocycles. The summed E-state index contributed by atoms with van der Waals surface area (Å²) in [7, 11) is 4.05. The number of aryl methyl sites for hydroxylation is 2. The van der Waals surface area contributed by atoms with Crippen LogP contribution in [0.4, 0.5) is 5.82 Å². The van der Waals surface area contributed by atoms with E-state index in [0.29, 0.717) is 5.92 Å². The molecule has 0 aliphatic rings. The van der Waals surface area contributed by atoms with Crippen LogP contribution in [0.3, 0.4) is 0 Å². The summed E-state index contributed by atoms with van der Waals surface area (Å²) in [6.07, 6.45) is 2.21. The Morgan fingerprint density at radius 3 is 2.44 bits per heavy atom. The molecule has 25 heavy (non-hydrogen) atoms. The van der Waals surface area contributed by atoms with E-state index in [4.69, 9.17) is 10.1 Å². The molecule has 0 unspecified atom stereocenters. The lowest BCUT2D eigenvalue weighted by molar-refractivity contribution is 0.638. The standard InChI is InChI=1S/C19H26BrN5/c1-7-13(8-2)14-9-11(3)23-25-17(12(4)21-19(14)25)15-10-16(24(5)6)22-18(15)20/h9-10,13,22H,7-8H2,1-6H3. The van der Waals surface area contributed by atoms with Gasteiger partial charge in [-0.15, -0.1) is 0 Å². The summed E-state index contributed by atoms with van der Waals surface area (Å²) in [6.45, 7) is 8.60. The average Bonchev–Trinajstić information content (AvgIpc) is 3.08. The number of nitrogens with one attached hydrogen (secondary N) is 1. The van der Waals surface area contributed by atoms with E-state index in [2.05, 4.69) is 65.6 Å². The normalized spacial score (nSPS) is 11.7. The zero-order chi connectivity index (χ0) is 18.3. The Hall–Kier alpha value is -1.82. The van der Waals surface area contributed by atoms with Crippen LogP contribution in [-0.4, -0.2) is 33.7 Å². The van der Waals surface area contributed by atoms with Gasteiger partial charge in [0.1, 0.15) is 5.82 Å². The maximum Gasteiger partial charge on any atom is 0.157 e. The number of anilines is 1. The molecule has 0 fully saturated rings. The number of hydrogen-bond donors (Lipinski definition) is 1. The van der Waals surface area contributed by atoms with Gasteiger partial charge >= 0.3 is 0 Å². The summed E-state index contributed by atoms with van der Waals surface area (Å²) in [6, 6.07) is 4.34. The van der Waals surface area contributed by atoms with Crippen LogP contribution in [0.2, 0.25) is 0 Å². The number of aromatic amines is 1. The predicted molar refractivity (Wildman–Crippen MR) is 108 cm³/mol. The van der Waals surface area contributed by atoms with Crippen LogP contribution in [0.15, 0.2) is 16.7 Å². The fourth-order valence-electron chi connectivity index (χ4n) is 3.45. The predicted octanol–water partition coefficient (Wildman–Crippen LogP) is 5.07. The van der Waals surface area contributed by atoms with Gasteiger partial charge in [0.2, 0.25) is 0 Å². The highest BCUT2D eigenvalue weighted by atomic mass is 79.9. The Kier molecular flexibility index (Phi) is 4.91. The molecule has 6 heteroatoms. The van der Waals surface area contributed by atoms with E-state index in [1.165, 1.54) is 5.56 Å². The molecule has 0 spiro atoms. The minimum atomic E-state index is 0.505. The third-order valence-corrected chi connectivity index (χ3v) is 5.45. The largest absolute Gasteiger partial charge is 0.364 e. The summed E-state index contributed by atoms with van der Waals surface area (Å²) >= 11 is 3.67. The smallest absolute Gasteiger partial charge is 0.157 e. The zero-order valence-corrected chi connectivity index (χ0v) is 17.4. The first kappa shape index (κ1) is 18.0. The SMILES string of the molecule is CCC(CC)c1cc(C)nn2c(-c3cc(N(C)C)[nH]c3Br)c(C)nc12. The lowest BCUT2D eigenvalue weighted by atomic mass is 9.95. The van der Waals surface area contributed by atoms with Crippen molar-refractivity contribution in [2.24, 2.45) is 0 Å². The van der Waals surface area contributed by atoms with Crippen molar-refractivity contribution in [2.45, 2.75) is 46.5 Å². The molecule has 0 radical (unpaired) electrons. The average molecular weight is 404 g/mol. The Morgan fingerprint density at radius 2 is 1.88 bits per heavy atom. The van der Waals surface area contributed by atoms with Crippen molar-refractivity contribution < 1.29 is 0 Å². The number of fused-ring (bicyclic) bond motifs is 1. The van der Waals surface area contributed by atoms with Crippen LogP contribution < -0.4 is 4.90 Å². The Labute approximate surface area is 157 Å². The van der Waals surface area contributed by atoms with Crippen molar-refractivity contribution in [1.82, 2.24) is 19.6 Å². The molecule has 5 nitrogen and oxygen atoms in total. The van der Waals surface area contributed by atoms with E-state index in [0.717, 1.165) is 51.6 Å². The lowest BCUT2D eigenvalue weighted by Crippen LogP contribution is -2.08. The van der Waals surface area contributed by atoms with Gasteiger partial charge in [-0.05, 0) is 60.7 Å². The van der Waals surface area contributed by atoms with Gasteiger partial charge in [-0.1, -0.05) is 13.8 Å². The van der Waals surface area contributed by atoms with E-state index in [9.17, 15) is 0 Å². The first-order valence-electron chi connectivity index (χ1n) is 8.80. The molecule has 3 aromatic heterocycles. The van der Waals surface area contributed by atoms with Crippen LogP contribution in [-0.2, 0) is 0 Å². The van der Waals surface area contributed by atoms with Gasteiger partial charge < -0.3 is 9.88 Å². The van der Waals surface area contributed by atoms with Crippen LogP contribution >= 0.6 is 15.9 Å². The maximum atomic E-state index is 4.89. The summed E-state index contributed by atoms with van der Waals surface area (Å²) in [5, 5.41) is 4.79. The first-order chi connectivity index (χ1) is 11.9. The molecule has 1 N–H and O–H groups in total. The molecule has 3 aromatic rings. The lowest BCUT2D eigenvalue weighted by Gasteiger charge is -2.14. The first-order valence-corrected chi connectivity index (χ1v) is 9.59. The highest BCUT2D eigenvalue weighted by Crippen LogP contribution is 2.36. The van der Waals surface area contributed by atoms with Crippen molar-refractivity contribution in [2.75, 3.05) is 19.0 Å². The van der Waals surface area contributed by atoms with E-state index in [1.54, 1.807) is 0 Å². The molecule has 0 atom stereocenters. The Bertz CT molecular complexity index is 902. The number of halogens is 1. The number of imidazole rings is 1. The van der Waals surface area contributed by atoms with Gasteiger partial charge in [0.25, 0.3) is 0 Å². The van der Waals surface area contributed by atoms with E-state index >= 15 is 0 Å². The number of aromatic nitrogens is 4. The fourth-order valence-corrected chi connectivity index (χ4v) is 3.95. The molecule has 0 saturated heterocycles. The fraction of sp³-hybridized carbons (Fsp3) is 0.474. The molecule has 0 bridgehead atoms. The molecule has 0 saturated carbocycles. The molecule has 3 rings (SSSR count). The van der Waals surface area contributed by atoms with Gasteiger partial charge in [-0.25, -0.2) is 9.50 Å². The Morgan fingerprint density at radius 1 is 1.20 bits per heavy atom. The van der Waals surface area contributed by atoms with Crippen LogP contribution in [0.1, 0.15) is 49.6 Å². The number of hydrogen-bond acceptors (Lipinski definition) is 3. The van der Waals surface area contributed by atoms with E-state index in [1.807, 2.05) is 18.6 Å². The maximum absolute atomic E-state index is 4.89. The molecule has 134 valence electrons.